The van der Waals surface area contributed by atoms with Crippen molar-refractivity contribution in [2.75, 3.05) is 6.54 Å². The molecule has 11 heteroatoms. The first-order valence-corrected chi connectivity index (χ1v) is 7.38. The summed E-state index contributed by atoms with van der Waals surface area (Å²) < 4.78 is 9.47. The van der Waals surface area contributed by atoms with Gasteiger partial charge in [0.15, 0.2) is 0 Å². The van der Waals surface area contributed by atoms with Gasteiger partial charge in [0.1, 0.15) is 0 Å². The summed E-state index contributed by atoms with van der Waals surface area (Å²) in [4.78, 5) is 52.5. The molecule has 0 aliphatic carbocycles. The van der Waals surface area contributed by atoms with E-state index in [-0.39, 0.29) is 19.3 Å². The van der Waals surface area contributed by atoms with E-state index in [1.165, 1.54) is 6.92 Å². The van der Waals surface area contributed by atoms with Gasteiger partial charge in [0.2, 0.25) is 6.29 Å². The monoisotopic (exact) mass is 342 g/mol. The third-order valence-corrected chi connectivity index (χ3v) is 2.93. The van der Waals surface area contributed by atoms with Gasteiger partial charge in [-0.2, -0.15) is 0 Å². The number of amides is 2. The zero-order valence-electron chi connectivity index (χ0n) is 13.2. The van der Waals surface area contributed by atoms with Gasteiger partial charge in [-0.3, -0.25) is 19.2 Å². The molecule has 1 unspecified atom stereocenters. The predicted octanol–water partition coefficient (Wildman–Crippen LogP) is 1.96. The summed E-state index contributed by atoms with van der Waals surface area (Å²) in [6.07, 6.45) is -0.602. The molecule has 24 heavy (non-hydrogen) atoms. The van der Waals surface area contributed by atoms with Crippen LogP contribution in [0.25, 0.3) is 10.4 Å². The summed E-state index contributed by atoms with van der Waals surface area (Å²) in [6.45, 7) is 1.67. The van der Waals surface area contributed by atoms with E-state index in [4.69, 9.17) is 10.3 Å². The Kier molecular flexibility index (Phi) is 8.06. The summed E-state index contributed by atoms with van der Waals surface area (Å²) in [7, 11) is 0. The number of rotatable bonds is 9. The van der Waals surface area contributed by atoms with Gasteiger partial charge in [-0.25, -0.2) is 4.79 Å². The van der Waals surface area contributed by atoms with Crippen LogP contribution in [0, 0.1) is 0 Å². The fourth-order valence-electron chi connectivity index (χ4n) is 1.83. The van der Waals surface area contributed by atoms with E-state index < -0.39 is 30.2 Å². The molecule has 0 N–H and O–H groups in total. The number of ether oxygens (including phenoxy) is 2. The third-order valence-electron chi connectivity index (χ3n) is 2.93. The molecule has 0 saturated carbocycles. The van der Waals surface area contributed by atoms with E-state index in [1.807, 2.05) is 0 Å². The fraction of sp³-hybridized carbons (Fsp3) is 0.692. The number of nitrogens with zero attached hydrogens (tertiary/aromatic N) is 4. The average molecular weight is 342 g/mol. The fourth-order valence-corrected chi connectivity index (χ4v) is 1.83. The Balaban J connectivity index is 2.19. The summed E-state index contributed by atoms with van der Waals surface area (Å²) in [5.74, 6) is -1.85. The highest BCUT2D eigenvalue weighted by Gasteiger charge is 2.34. The van der Waals surface area contributed by atoms with Crippen molar-refractivity contribution in [2.45, 2.75) is 51.7 Å². The van der Waals surface area contributed by atoms with Crippen molar-refractivity contribution in [1.82, 2.24) is 5.06 Å². The molecule has 1 aliphatic rings. The molecule has 0 bridgehead atoms. The molecule has 0 aromatic carbocycles. The second-order valence-electron chi connectivity index (χ2n) is 4.86. The molecule has 1 saturated heterocycles. The van der Waals surface area contributed by atoms with Crippen LogP contribution in [0.15, 0.2) is 5.11 Å². The van der Waals surface area contributed by atoms with Gasteiger partial charge in [-0.1, -0.05) is 16.6 Å². The first-order chi connectivity index (χ1) is 11.4. The molecule has 1 aliphatic heterocycles. The van der Waals surface area contributed by atoms with E-state index in [0.29, 0.717) is 30.9 Å². The van der Waals surface area contributed by atoms with Crippen molar-refractivity contribution in [2.24, 2.45) is 5.11 Å². The van der Waals surface area contributed by atoms with E-state index in [2.05, 4.69) is 19.6 Å². The van der Waals surface area contributed by atoms with E-state index in [1.54, 1.807) is 0 Å². The van der Waals surface area contributed by atoms with Crippen molar-refractivity contribution >= 4 is 23.9 Å². The Morgan fingerprint density at radius 1 is 1.21 bits per heavy atom. The van der Waals surface area contributed by atoms with E-state index in [0.717, 1.165) is 0 Å². The van der Waals surface area contributed by atoms with Gasteiger partial charge in [0.05, 0.1) is 0 Å². The lowest BCUT2D eigenvalue weighted by molar-refractivity contribution is -0.191. The molecular formula is C13H18N4O7. The Labute approximate surface area is 137 Å². The lowest BCUT2D eigenvalue weighted by Gasteiger charge is -2.16. The van der Waals surface area contributed by atoms with Crippen molar-refractivity contribution in [1.29, 1.82) is 0 Å². The lowest BCUT2D eigenvalue weighted by Crippen LogP contribution is -2.34. The topological polar surface area (TPSA) is 148 Å². The van der Waals surface area contributed by atoms with Crippen molar-refractivity contribution in [3.05, 3.63) is 10.4 Å². The molecular weight excluding hydrogens is 324 g/mol. The summed E-state index contributed by atoms with van der Waals surface area (Å²) in [6, 6.07) is 0. The number of carbonyl (C=O) groups excluding carboxylic acids is 4. The van der Waals surface area contributed by atoms with Crippen LogP contribution in [0.3, 0.4) is 0 Å². The van der Waals surface area contributed by atoms with Crippen LogP contribution in [-0.4, -0.2) is 41.8 Å². The third kappa shape index (κ3) is 6.97. The predicted molar refractivity (Wildman–Crippen MR) is 76.7 cm³/mol. The first kappa shape index (κ1) is 19.2. The van der Waals surface area contributed by atoms with E-state index >= 15 is 0 Å². The highest BCUT2D eigenvalue weighted by molar-refractivity contribution is 6.01. The van der Waals surface area contributed by atoms with Gasteiger partial charge in [0, 0.05) is 37.6 Å². The zero-order valence-corrected chi connectivity index (χ0v) is 13.2. The maximum absolute atomic E-state index is 11.5. The number of unbranched alkanes of at least 4 members (excludes halogenated alkanes) is 2. The Morgan fingerprint density at radius 3 is 2.50 bits per heavy atom. The van der Waals surface area contributed by atoms with Gasteiger partial charge in [-0.15, -0.1) is 0 Å². The first-order valence-electron chi connectivity index (χ1n) is 7.38. The standard InChI is InChI=1S/C13H18N4O7/c1-9(22-12(20)5-3-2-4-8-15-16-14)23-13(21)24-17-10(18)6-7-11(17)19/h9H,2-8H2,1H3. The van der Waals surface area contributed by atoms with E-state index in [9.17, 15) is 19.2 Å². The molecule has 0 aromatic heterocycles. The molecule has 0 aromatic rings. The van der Waals surface area contributed by atoms with Crippen molar-refractivity contribution < 1.29 is 33.5 Å². The zero-order chi connectivity index (χ0) is 17.9. The molecule has 11 nitrogen and oxygen atoms in total. The summed E-state index contributed by atoms with van der Waals surface area (Å²) in [5.41, 5.74) is 8.09. The average Bonchev–Trinajstić information content (AvgIpc) is 2.82. The highest BCUT2D eigenvalue weighted by Crippen LogP contribution is 2.13. The van der Waals surface area contributed by atoms with Crippen molar-refractivity contribution in [3.8, 4) is 0 Å². The Hall–Kier alpha value is -2.81. The molecule has 1 heterocycles. The number of esters is 1. The van der Waals surface area contributed by atoms with Crippen LogP contribution in [0.1, 0.15) is 45.4 Å². The SMILES string of the molecule is CC(OC(=O)CCCCCN=[N+]=[N-])OC(=O)ON1C(=O)CCC1=O. The number of hydroxylamine groups is 2. The van der Waals surface area contributed by atoms with Crippen LogP contribution < -0.4 is 0 Å². The van der Waals surface area contributed by atoms with Crippen LogP contribution in [-0.2, 0) is 28.7 Å². The molecule has 1 fully saturated rings. The summed E-state index contributed by atoms with van der Waals surface area (Å²) in [5, 5.41) is 3.70. The van der Waals surface area contributed by atoms with Crippen LogP contribution in [0.2, 0.25) is 0 Å². The number of carbonyl (C=O) groups is 4. The summed E-state index contributed by atoms with van der Waals surface area (Å²) >= 11 is 0. The molecule has 132 valence electrons. The molecule has 1 atom stereocenters. The van der Waals surface area contributed by atoms with Gasteiger partial charge < -0.3 is 9.47 Å². The minimum absolute atomic E-state index is 0.0314. The minimum Gasteiger partial charge on any atom is -0.425 e. The van der Waals surface area contributed by atoms with Gasteiger partial charge in [-0.05, 0) is 18.4 Å². The number of hydrogen-bond acceptors (Lipinski definition) is 8. The number of azide groups is 1. The highest BCUT2D eigenvalue weighted by atomic mass is 16.9. The van der Waals surface area contributed by atoms with Crippen molar-refractivity contribution in [3.63, 3.8) is 0 Å². The molecule has 1 rings (SSSR count). The number of imide groups is 1. The minimum atomic E-state index is -1.31. The molecule has 0 spiro atoms. The number of hydrogen-bond donors (Lipinski definition) is 0. The maximum atomic E-state index is 11.5. The second-order valence-corrected chi connectivity index (χ2v) is 4.86. The smallest absolute Gasteiger partial charge is 0.425 e. The quantitative estimate of drug-likeness (QED) is 0.118. The maximum Gasteiger partial charge on any atom is 0.537 e. The Bertz CT molecular complexity index is 528. The van der Waals surface area contributed by atoms with Gasteiger partial charge in [0.25, 0.3) is 11.8 Å². The second kappa shape index (κ2) is 10.1. The van der Waals surface area contributed by atoms with Crippen LogP contribution >= 0.6 is 0 Å². The normalized spacial score (nSPS) is 14.8. The van der Waals surface area contributed by atoms with Gasteiger partial charge >= 0.3 is 12.1 Å². The van der Waals surface area contributed by atoms with Crippen LogP contribution in [0.4, 0.5) is 4.79 Å². The van der Waals surface area contributed by atoms with Crippen LogP contribution in [0.5, 0.6) is 0 Å². The lowest BCUT2D eigenvalue weighted by atomic mass is 10.2. The molecule has 0 radical (unpaired) electrons. The molecule has 2 amide bonds. The Morgan fingerprint density at radius 2 is 1.88 bits per heavy atom. The largest absolute Gasteiger partial charge is 0.537 e.